The lowest BCUT2D eigenvalue weighted by atomic mass is 10.1. The smallest absolute Gasteiger partial charge is 0.142 e. The van der Waals surface area contributed by atoms with Gasteiger partial charge < -0.3 is 9.47 Å². The Kier molecular flexibility index (Phi) is 5.01. The maximum absolute atomic E-state index is 5.89. The van der Waals surface area contributed by atoms with Crippen LogP contribution in [0.2, 0.25) is 0 Å². The van der Waals surface area contributed by atoms with E-state index in [-0.39, 0.29) is 0 Å². The first-order valence-electron chi connectivity index (χ1n) is 6.43. The minimum Gasteiger partial charge on any atom is -0.496 e. The molecule has 0 N–H and O–H groups in total. The van der Waals surface area contributed by atoms with Crippen LogP contribution in [0.25, 0.3) is 0 Å². The number of hydrogen-bond donors (Lipinski definition) is 0. The Morgan fingerprint density at radius 3 is 2.55 bits per heavy atom. The van der Waals surface area contributed by atoms with Gasteiger partial charge >= 0.3 is 0 Å². The highest BCUT2D eigenvalue weighted by molar-refractivity contribution is 9.08. The first-order chi connectivity index (χ1) is 9.63. The first-order valence-corrected chi connectivity index (χ1v) is 7.55. The van der Waals surface area contributed by atoms with Crippen molar-refractivity contribution in [3.63, 3.8) is 0 Å². The Morgan fingerprint density at radius 1 is 1.10 bits per heavy atom. The van der Waals surface area contributed by atoms with Gasteiger partial charge in [0, 0.05) is 16.6 Å². The zero-order chi connectivity index (χ0) is 14.5. The number of benzene rings is 1. The Hall–Kier alpha value is -1.55. The van der Waals surface area contributed by atoms with Gasteiger partial charge in [0.15, 0.2) is 0 Å². The van der Waals surface area contributed by atoms with Crippen LogP contribution in [0, 0.1) is 13.8 Å². The molecule has 0 amide bonds. The minimum atomic E-state index is 0.468. The van der Waals surface area contributed by atoms with Crippen molar-refractivity contribution >= 4 is 15.9 Å². The van der Waals surface area contributed by atoms with Crippen LogP contribution in [0.4, 0.5) is 0 Å². The fourth-order valence-corrected chi connectivity index (χ4v) is 2.40. The lowest BCUT2D eigenvalue weighted by Crippen LogP contribution is -2.02. The van der Waals surface area contributed by atoms with E-state index in [0.29, 0.717) is 11.9 Å². The largest absolute Gasteiger partial charge is 0.496 e. The molecule has 1 aromatic heterocycles. The number of hydrogen-bond acceptors (Lipinski definition) is 3. The number of nitrogens with zero attached hydrogens (tertiary/aromatic N) is 1. The molecule has 106 valence electrons. The zero-order valence-electron chi connectivity index (χ0n) is 11.9. The van der Waals surface area contributed by atoms with E-state index in [9.17, 15) is 0 Å². The van der Waals surface area contributed by atoms with Crippen molar-refractivity contribution in [2.45, 2.75) is 25.8 Å². The Labute approximate surface area is 128 Å². The number of halogens is 1. The Morgan fingerprint density at radius 2 is 1.85 bits per heavy atom. The third kappa shape index (κ3) is 3.51. The zero-order valence-corrected chi connectivity index (χ0v) is 13.5. The molecule has 20 heavy (non-hydrogen) atoms. The predicted octanol–water partition coefficient (Wildman–Crippen LogP) is 4.18. The summed E-state index contributed by atoms with van der Waals surface area (Å²) < 4.78 is 11.3. The predicted molar refractivity (Wildman–Crippen MR) is 83.7 cm³/mol. The standard InChI is InChI=1S/C16H18BrNO2/c1-11-4-6-15(19-3)13(8-11)10-20-16-7-5-12(2)18-14(16)9-17/h4-8H,9-10H2,1-3H3. The molecule has 0 spiro atoms. The maximum Gasteiger partial charge on any atom is 0.142 e. The number of aryl methyl sites for hydroxylation is 2. The number of aromatic nitrogens is 1. The average Bonchev–Trinajstić information content (AvgIpc) is 2.46. The molecular weight excluding hydrogens is 318 g/mol. The lowest BCUT2D eigenvalue weighted by Gasteiger charge is -2.13. The quantitative estimate of drug-likeness (QED) is 0.768. The molecule has 4 heteroatoms. The van der Waals surface area contributed by atoms with Crippen LogP contribution < -0.4 is 9.47 Å². The number of ether oxygens (including phenoxy) is 2. The van der Waals surface area contributed by atoms with Gasteiger partial charge in [-0.15, -0.1) is 0 Å². The summed E-state index contributed by atoms with van der Waals surface area (Å²) in [5.41, 5.74) is 4.12. The number of rotatable bonds is 5. The summed E-state index contributed by atoms with van der Waals surface area (Å²) in [6, 6.07) is 9.98. The van der Waals surface area contributed by atoms with E-state index in [0.717, 1.165) is 28.5 Å². The Balaban J connectivity index is 2.18. The molecule has 3 nitrogen and oxygen atoms in total. The summed E-state index contributed by atoms with van der Waals surface area (Å²) in [6.07, 6.45) is 0. The van der Waals surface area contributed by atoms with Crippen molar-refractivity contribution in [1.29, 1.82) is 0 Å². The molecule has 0 unspecified atom stereocenters. The van der Waals surface area contributed by atoms with E-state index < -0.39 is 0 Å². The van der Waals surface area contributed by atoms with E-state index in [2.05, 4.69) is 33.9 Å². The second-order valence-corrected chi connectivity index (χ2v) is 5.20. The van der Waals surface area contributed by atoms with Gasteiger partial charge in [-0.05, 0) is 38.1 Å². The topological polar surface area (TPSA) is 31.4 Å². The highest BCUT2D eigenvalue weighted by atomic mass is 79.9. The van der Waals surface area contributed by atoms with Crippen molar-refractivity contribution in [3.8, 4) is 11.5 Å². The molecule has 0 aliphatic rings. The van der Waals surface area contributed by atoms with Crippen molar-refractivity contribution < 1.29 is 9.47 Å². The molecule has 0 saturated carbocycles. The van der Waals surface area contributed by atoms with E-state index in [1.165, 1.54) is 5.56 Å². The van der Waals surface area contributed by atoms with Crippen molar-refractivity contribution in [3.05, 3.63) is 52.8 Å². The van der Waals surface area contributed by atoms with Gasteiger partial charge in [0.05, 0.1) is 12.8 Å². The summed E-state index contributed by atoms with van der Waals surface area (Å²) in [4.78, 5) is 4.46. The van der Waals surface area contributed by atoms with Gasteiger partial charge in [-0.1, -0.05) is 27.6 Å². The van der Waals surface area contributed by atoms with E-state index >= 15 is 0 Å². The molecule has 2 rings (SSSR count). The lowest BCUT2D eigenvalue weighted by molar-refractivity contribution is 0.293. The number of alkyl halides is 1. The number of pyridine rings is 1. The fourth-order valence-electron chi connectivity index (χ4n) is 2.00. The van der Waals surface area contributed by atoms with E-state index in [1.807, 2.05) is 31.2 Å². The third-order valence-corrected chi connectivity index (χ3v) is 3.55. The normalized spacial score (nSPS) is 10.4. The molecule has 0 aliphatic carbocycles. The fraction of sp³-hybridized carbons (Fsp3) is 0.312. The van der Waals surface area contributed by atoms with Crippen LogP contribution in [0.1, 0.15) is 22.5 Å². The highest BCUT2D eigenvalue weighted by Gasteiger charge is 2.08. The molecule has 0 fully saturated rings. The molecule has 1 aromatic carbocycles. The highest BCUT2D eigenvalue weighted by Crippen LogP contribution is 2.24. The second kappa shape index (κ2) is 6.75. The summed E-state index contributed by atoms with van der Waals surface area (Å²) in [7, 11) is 1.67. The van der Waals surface area contributed by atoms with Crippen LogP contribution in [0.15, 0.2) is 30.3 Å². The van der Waals surface area contributed by atoms with Gasteiger partial charge in [0.1, 0.15) is 18.1 Å². The van der Waals surface area contributed by atoms with Crippen LogP contribution in [-0.2, 0) is 11.9 Å². The molecule has 0 bridgehead atoms. The molecular formula is C16H18BrNO2. The van der Waals surface area contributed by atoms with Crippen molar-refractivity contribution in [2.24, 2.45) is 0 Å². The Bertz CT molecular complexity index is 599. The first kappa shape index (κ1) is 14.9. The van der Waals surface area contributed by atoms with E-state index in [1.54, 1.807) is 7.11 Å². The molecule has 0 atom stereocenters. The monoisotopic (exact) mass is 335 g/mol. The summed E-state index contributed by atoms with van der Waals surface area (Å²) in [6.45, 7) is 4.50. The molecule has 1 heterocycles. The summed E-state index contributed by atoms with van der Waals surface area (Å²) in [5.74, 6) is 1.65. The molecule has 2 aromatic rings. The summed E-state index contributed by atoms with van der Waals surface area (Å²) >= 11 is 3.44. The van der Waals surface area contributed by atoms with Crippen LogP contribution >= 0.6 is 15.9 Å². The summed E-state index contributed by atoms with van der Waals surface area (Å²) in [5, 5.41) is 0.676. The van der Waals surface area contributed by atoms with Crippen LogP contribution in [0.3, 0.4) is 0 Å². The van der Waals surface area contributed by atoms with Crippen LogP contribution in [-0.4, -0.2) is 12.1 Å². The number of methoxy groups -OCH3 is 1. The minimum absolute atomic E-state index is 0.468. The molecule has 0 aliphatic heterocycles. The van der Waals surface area contributed by atoms with E-state index in [4.69, 9.17) is 9.47 Å². The SMILES string of the molecule is COc1ccc(C)cc1COc1ccc(C)nc1CBr. The third-order valence-electron chi connectivity index (χ3n) is 3.02. The van der Waals surface area contributed by atoms with Gasteiger partial charge in [0.25, 0.3) is 0 Å². The maximum atomic E-state index is 5.89. The van der Waals surface area contributed by atoms with Gasteiger partial charge in [-0.25, -0.2) is 0 Å². The van der Waals surface area contributed by atoms with Gasteiger partial charge in [0.2, 0.25) is 0 Å². The van der Waals surface area contributed by atoms with Gasteiger partial charge in [-0.2, -0.15) is 0 Å². The molecule has 0 radical (unpaired) electrons. The average molecular weight is 336 g/mol. The van der Waals surface area contributed by atoms with Crippen LogP contribution in [0.5, 0.6) is 11.5 Å². The second-order valence-electron chi connectivity index (χ2n) is 4.64. The van der Waals surface area contributed by atoms with Crippen molar-refractivity contribution in [2.75, 3.05) is 7.11 Å². The van der Waals surface area contributed by atoms with Crippen molar-refractivity contribution in [1.82, 2.24) is 4.98 Å². The van der Waals surface area contributed by atoms with Gasteiger partial charge in [-0.3, -0.25) is 4.98 Å². The molecule has 0 saturated heterocycles.